The second-order valence-electron chi connectivity index (χ2n) is 6.02. The van der Waals surface area contributed by atoms with Gasteiger partial charge in [-0.1, -0.05) is 0 Å². The van der Waals surface area contributed by atoms with Crippen LogP contribution in [0.4, 0.5) is 0 Å². The summed E-state index contributed by atoms with van der Waals surface area (Å²) in [6.45, 7) is 3.53. The minimum absolute atomic E-state index is 0.106. The smallest absolute Gasteiger partial charge is 0.317 e. The Kier molecular flexibility index (Phi) is 5.70. The van der Waals surface area contributed by atoms with E-state index in [1.165, 1.54) is 14.2 Å². The number of hydrogen-bond acceptors (Lipinski definition) is 6. The largest absolute Gasteiger partial charge is 0.496 e. The van der Waals surface area contributed by atoms with Crippen LogP contribution in [0.5, 0.6) is 17.2 Å². The third-order valence-corrected chi connectivity index (χ3v) is 4.18. The zero-order chi connectivity index (χ0) is 17.9. The van der Waals surface area contributed by atoms with Gasteiger partial charge in [0.25, 0.3) is 0 Å². The van der Waals surface area contributed by atoms with Gasteiger partial charge in [0.15, 0.2) is 0 Å². The number of ether oxygens (including phenoxy) is 4. The van der Waals surface area contributed by atoms with Crippen LogP contribution in [-0.4, -0.2) is 39.2 Å². The Morgan fingerprint density at radius 1 is 1.08 bits per heavy atom. The summed E-state index contributed by atoms with van der Waals surface area (Å²) in [5.41, 5.74) is 0.706. The molecule has 0 aromatic heterocycles. The molecule has 1 saturated carbocycles. The molecule has 1 aliphatic rings. The number of Topliss-reactive ketones (excluding diaryl/α,β-unsaturated/α-hetero) is 1. The lowest BCUT2D eigenvalue weighted by molar-refractivity contribution is -0.154. The van der Waals surface area contributed by atoms with Crippen molar-refractivity contribution in [2.45, 2.75) is 38.7 Å². The molecule has 2 atom stereocenters. The number of esters is 1. The molecule has 24 heavy (non-hydrogen) atoms. The average Bonchev–Trinajstić information content (AvgIpc) is 2.93. The Balaban J connectivity index is 2.48. The molecular weight excluding hydrogens is 312 g/mol. The van der Waals surface area contributed by atoms with Crippen molar-refractivity contribution in [2.75, 3.05) is 21.3 Å². The van der Waals surface area contributed by atoms with Gasteiger partial charge in [0, 0.05) is 30.0 Å². The Morgan fingerprint density at radius 3 is 2.12 bits per heavy atom. The standard InChI is InChI=1S/C18H24O6/c1-10(2)24-18(20)16-12(6-7-13(16)19)17-14(22-4)8-11(21-3)9-15(17)23-5/h8-10,12,16H,6-7H2,1-5H3/t12-,16+/m0/s1. The first-order valence-corrected chi connectivity index (χ1v) is 7.96. The molecule has 0 radical (unpaired) electrons. The lowest BCUT2D eigenvalue weighted by atomic mass is 9.87. The molecule has 6 heteroatoms. The van der Waals surface area contributed by atoms with E-state index in [0.29, 0.717) is 35.7 Å². The Hall–Kier alpha value is -2.24. The average molecular weight is 336 g/mol. The number of carbonyl (C=O) groups excluding carboxylic acids is 2. The number of ketones is 1. The molecule has 1 aromatic carbocycles. The lowest BCUT2D eigenvalue weighted by Crippen LogP contribution is -2.28. The van der Waals surface area contributed by atoms with E-state index in [2.05, 4.69) is 0 Å². The number of hydrogen-bond donors (Lipinski definition) is 0. The molecule has 0 saturated heterocycles. The van der Waals surface area contributed by atoms with Crippen LogP contribution < -0.4 is 14.2 Å². The van der Waals surface area contributed by atoms with Gasteiger partial charge in [0.05, 0.1) is 27.4 Å². The summed E-state index contributed by atoms with van der Waals surface area (Å²) in [7, 11) is 4.63. The van der Waals surface area contributed by atoms with Crippen LogP contribution in [-0.2, 0) is 14.3 Å². The molecule has 1 aromatic rings. The number of carbonyl (C=O) groups is 2. The Labute approximate surface area is 142 Å². The maximum atomic E-state index is 12.4. The first-order chi connectivity index (χ1) is 11.4. The SMILES string of the molecule is COc1cc(OC)c([C@H]2CCC(=O)[C@@H]2C(=O)OC(C)C)c(OC)c1. The summed E-state index contributed by atoms with van der Waals surface area (Å²) in [4.78, 5) is 24.7. The van der Waals surface area contributed by atoms with E-state index in [0.717, 1.165) is 0 Å². The van der Waals surface area contributed by atoms with Gasteiger partial charge in [-0.2, -0.15) is 0 Å². The molecule has 0 N–H and O–H groups in total. The topological polar surface area (TPSA) is 71.1 Å². The molecule has 0 unspecified atom stereocenters. The molecular formula is C18H24O6. The highest BCUT2D eigenvalue weighted by atomic mass is 16.5. The van der Waals surface area contributed by atoms with Gasteiger partial charge >= 0.3 is 5.97 Å². The van der Waals surface area contributed by atoms with Gasteiger partial charge in [-0.25, -0.2) is 0 Å². The van der Waals surface area contributed by atoms with E-state index in [4.69, 9.17) is 18.9 Å². The van der Waals surface area contributed by atoms with Crippen molar-refractivity contribution in [3.05, 3.63) is 17.7 Å². The van der Waals surface area contributed by atoms with Crippen LogP contribution in [0.1, 0.15) is 38.2 Å². The molecule has 0 amide bonds. The van der Waals surface area contributed by atoms with Gasteiger partial charge in [0.2, 0.25) is 0 Å². The first kappa shape index (κ1) is 18.1. The van der Waals surface area contributed by atoms with E-state index in [1.54, 1.807) is 33.1 Å². The van der Waals surface area contributed by atoms with Crippen molar-refractivity contribution < 1.29 is 28.5 Å². The fraction of sp³-hybridized carbons (Fsp3) is 0.556. The summed E-state index contributed by atoms with van der Waals surface area (Å²) in [6.07, 6.45) is 0.613. The van der Waals surface area contributed by atoms with Crippen molar-refractivity contribution >= 4 is 11.8 Å². The van der Waals surface area contributed by atoms with Crippen LogP contribution >= 0.6 is 0 Å². The fourth-order valence-electron chi connectivity index (χ4n) is 3.15. The van der Waals surface area contributed by atoms with Crippen molar-refractivity contribution in [2.24, 2.45) is 5.92 Å². The zero-order valence-corrected chi connectivity index (χ0v) is 14.8. The van der Waals surface area contributed by atoms with Gasteiger partial charge < -0.3 is 18.9 Å². The zero-order valence-electron chi connectivity index (χ0n) is 14.8. The Morgan fingerprint density at radius 2 is 1.67 bits per heavy atom. The third kappa shape index (κ3) is 3.47. The van der Waals surface area contributed by atoms with E-state index in [-0.39, 0.29) is 17.8 Å². The van der Waals surface area contributed by atoms with E-state index in [9.17, 15) is 9.59 Å². The maximum Gasteiger partial charge on any atom is 0.317 e. The summed E-state index contributed by atoms with van der Waals surface area (Å²) >= 11 is 0. The summed E-state index contributed by atoms with van der Waals surface area (Å²) in [5, 5.41) is 0. The number of benzene rings is 1. The summed E-state index contributed by atoms with van der Waals surface area (Å²) in [5.74, 6) is -0.106. The van der Waals surface area contributed by atoms with E-state index in [1.807, 2.05) is 0 Å². The van der Waals surface area contributed by atoms with Crippen molar-refractivity contribution in [1.82, 2.24) is 0 Å². The number of methoxy groups -OCH3 is 3. The molecule has 0 heterocycles. The lowest BCUT2D eigenvalue weighted by Gasteiger charge is -2.23. The normalized spacial score (nSPS) is 20.2. The summed E-state index contributed by atoms with van der Waals surface area (Å²) in [6, 6.07) is 3.46. The van der Waals surface area contributed by atoms with Crippen LogP contribution in [0.2, 0.25) is 0 Å². The number of rotatable bonds is 6. The van der Waals surface area contributed by atoms with E-state index < -0.39 is 11.9 Å². The van der Waals surface area contributed by atoms with Crippen LogP contribution in [0.3, 0.4) is 0 Å². The molecule has 1 aliphatic carbocycles. The van der Waals surface area contributed by atoms with Crippen molar-refractivity contribution in [3.8, 4) is 17.2 Å². The van der Waals surface area contributed by atoms with Crippen LogP contribution in [0, 0.1) is 5.92 Å². The molecule has 1 fully saturated rings. The van der Waals surface area contributed by atoms with E-state index >= 15 is 0 Å². The van der Waals surface area contributed by atoms with Crippen molar-refractivity contribution in [3.63, 3.8) is 0 Å². The van der Waals surface area contributed by atoms with Gasteiger partial charge in [-0.15, -0.1) is 0 Å². The van der Waals surface area contributed by atoms with Crippen molar-refractivity contribution in [1.29, 1.82) is 0 Å². The highest BCUT2D eigenvalue weighted by molar-refractivity contribution is 6.02. The molecule has 0 spiro atoms. The second kappa shape index (κ2) is 7.55. The molecule has 0 aliphatic heterocycles. The molecule has 6 nitrogen and oxygen atoms in total. The highest BCUT2D eigenvalue weighted by Crippen LogP contribution is 2.47. The highest BCUT2D eigenvalue weighted by Gasteiger charge is 2.44. The predicted molar refractivity (Wildman–Crippen MR) is 87.8 cm³/mol. The Bertz CT molecular complexity index is 597. The van der Waals surface area contributed by atoms with Crippen LogP contribution in [0.25, 0.3) is 0 Å². The first-order valence-electron chi connectivity index (χ1n) is 7.96. The molecule has 2 rings (SSSR count). The maximum absolute atomic E-state index is 12.4. The third-order valence-electron chi connectivity index (χ3n) is 4.18. The monoisotopic (exact) mass is 336 g/mol. The fourth-order valence-corrected chi connectivity index (χ4v) is 3.15. The molecule has 132 valence electrons. The minimum atomic E-state index is -0.830. The second-order valence-corrected chi connectivity index (χ2v) is 6.02. The van der Waals surface area contributed by atoms with Crippen LogP contribution in [0.15, 0.2) is 12.1 Å². The van der Waals surface area contributed by atoms with Gasteiger partial charge in [0.1, 0.15) is 28.9 Å². The van der Waals surface area contributed by atoms with Gasteiger partial charge in [-0.3, -0.25) is 9.59 Å². The van der Waals surface area contributed by atoms with Gasteiger partial charge in [-0.05, 0) is 20.3 Å². The minimum Gasteiger partial charge on any atom is -0.496 e. The predicted octanol–water partition coefficient (Wildman–Crippen LogP) is 2.73. The quantitative estimate of drug-likeness (QED) is 0.587. The summed E-state index contributed by atoms with van der Waals surface area (Å²) < 4.78 is 21.5. The molecule has 0 bridgehead atoms.